The van der Waals surface area contributed by atoms with Crippen LogP contribution in [0.5, 0.6) is 5.75 Å². The molecule has 0 aromatic heterocycles. The first-order valence-corrected chi connectivity index (χ1v) is 4.56. The van der Waals surface area contributed by atoms with E-state index in [0.29, 0.717) is 0 Å². The number of benzene rings is 1. The minimum absolute atomic E-state index is 0.111. The number of carboxylic acids is 1. The molecular formula is C11H12O4. The van der Waals surface area contributed by atoms with E-state index in [1.54, 1.807) is 12.1 Å². The van der Waals surface area contributed by atoms with Crippen LogP contribution in [0.25, 0.3) is 0 Å². The van der Waals surface area contributed by atoms with Gasteiger partial charge in [-0.15, -0.1) is 0 Å². The van der Waals surface area contributed by atoms with Crippen molar-refractivity contribution in [2.75, 3.05) is 0 Å². The molecule has 0 fully saturated rings. The van der Waals surface area contributed by atoms with Crippen LogP contribution < -0.4 is 0 Å². The molecule has 0 bridgehead atoms. The summed E-state index contributed by atoms with van der Waals surface area (Å²) in [4.78, 5) is 22.1. The Hall–Kier alpha value is -1.84. The molecule has 0 aliphatic heterocycles. The van der Waals surface area contributed by atoms with E-state index in [0.717, 1.165) is 0 Å². The second-order valence-electron chi connectivity index (χ2n) is 3.38. The molecule has 0 saturated carbocycles. The van der Waals surface area contributed by atoms with Gasteiger partial charge in [0.05, 0.1) is 12.0 Å². The monoisotopic (exact) mass is 208 g/mol. The van der Waals surface area contributed by atoms with E-state index in [2.05, 4.69) is 0 Å². The average molecular weight is 208 g/mol. The van der Waals surface area contributed by atoms with E-state index in [1.165, 1.54) is 19.1 Å². The van der Waals surface area contributed by atoms with Crippen molar-refractivity contribution in [3.8, 4) is 5.75 Å². The molecule has 1 atom stereocenters. The first kappa shape index (κ1) is 11.2. The molecule has 0 amide bonds. The quantitative estimate of drug-likeness (QED) is 0.738. The van der Waals surface area contributed by atoms with Gasteiger partial charge >= 0.3 is 5.97 Å². The molecule has 0 spiro atoms. The Morgan fingerprint density at radius 2 is 1.93 bits per heavy atom. The largest absolute Gasteiger partial charge is 0.507 e. The topological polar surface area (TPSA) is 74.6 Å². The Bertz CT molecular complexity index is 384. The molecule has 0 aliphatic carbocycles. The first-order chi connectivity index (χ1) is 7.02. The van der Waals surface area contributed by atoms with Crippen molar-refractivity contribution < 1.29 is 19.8 Å². The molecule has 1 aromatic carbocycles. The van der Waals surface area contributed by atoms with Gasteiger partial charge in [-0.3, -0.25) is 9.59 Å². The zero-order valence-electron chi connectivity index (χ0n) is 8.30. The van der Waals surface area contributed by atoms with Crippen LogP contribution in [0.2, 0.25) is 0 Å². The zero-order chi connectivity index (χ0) is 11.4. The van der Waals surface area contributed by atoms with Gasteiger partial charge in [0.1, 0.15) is 5.75 Å². The fourth-order valence-corrected chi connectivity index (χ4v) is 1.30. The van der Waals surface area contributed by atoms with Crippen LogP contribution in [0.4, 0.5) is 0 Å². The summed E-state index contributed by atoms with van der Waals surface area (Å²) in [6, 6.07) is 6.12. The Labute approximate surface area is 87.2 Å². The van der Waals surface area contributed by atoms with Gasteiger partial charge in [-0.25, -0.2) is 0 Å². The van der Waals surface area contributed by atoms with Gasteiger partial charge in [0.15, 0.2) is 5.78 Å². The van der Waals surface area contributed by atoms with E-state index in [1.807, 2.05) is 0 Å². The first-order valence-electron chi connectivity index (χ1n) is 4.56. The Kier molecular flexibility index (Phi) is 3.44. The normalized spacial score (nSPS) is 12.1. The smallest absolute Gasteiger partial charge is 0.304 e. The van der Waals surface area contributed by atoms with Crippen molar-refractivity contribution in [1.82, 2.24) is 0 Å². The number of aliphatic carboxylic acids is 1. The highest BCUT2D eigenvalue weighted by molar-refractivity contribution is 6.01. The van der Waals surface area contributed by atoms with Crippen molar-refractivity contribution in [1.29, 1.82) is 0 Å². The maximum Gasteiger partial charge on any atom is 0.304 e. The lowest BCUT2D eigenvalue weighted by atomic mass is 9.96. The second kappa shape index (κ2) is 4.59. The fraction of sp³-hybridized carbons (Fsp3) is 0.273. The minimum atomic E-state index is -1.02. The number of carboxylic acid groups (broad SMARTS) is 1. The maximum atomic E-state index is 11.7. The molecule has 80 valence electrons. The SMILES string of the molecule is CC(CC(=O)O)C(=O)c1ccccc1O. The third-order valence-corrected chi connectivity index (χ3v) is 2.10. The van der Waals surface area contributed by atoms with Crippen LogP contribution in [0.15, 0.2) is 24.3 Å². The highest BCUT2D eigenvalue weighted by Crippen LogP contribution is 2.20. The van der Waals surface area contributed by atoms with E-state index in [-0.39, 0.29) is 23.5 Å². The number of carbonyl (C=O) groups excluding carboxylic acids is 1. The molecule has 1 aromatic rings. The molecule has 0 heterocycles. The van der Waals surface area contributed by atoms with Crippen molar-refractivity contribution in [3.05, 3.63) is 29.8 Å². The van der Waals surface area contributed by atoms with Crippen LogP contribution in [0, 0.1) is 5.92 Å². The molecule has 1 rings (SSSR count). The third kappa shape index (κ3) is 2.80. The number of phenols is 1. The highest BCUT2D eigenvalue weighted by Gasteiger charge is 2.20. The van der Waals surface area contributed by atoms with Crippen molar-refractivity contribution >= 4 is 11.8 Å². The molecular weight excluding hydrogens is 196 g/mol. The maximum absolute atomic E-state index is 11.7. The number of ketones is 1. The number of carbonyl (C=O) groups is 2. The predicted molar refractivity (Wildman–Crippen MR) is 53.9 cm³/mol. The number of hydrogen-bond acceptors (Lipinski definition) is 3. The lowest BCUT2D eigenvalue weighted by Crippen LogP contribution is -2.15. The number of hydrogen-bond donors (Lipinski definition) is 2. The van der Waals surface area contributed by atoms with Crippen molar-refractivity contribution in [2.24, 2.45) is 5.92 Å². The van der Waals surface area contributed by atoms with Crippen LogP contribution in [-0.4, -0.2) is 22.0 Å². The van der Waals surface area contributed by atoms with Gasteiger partial charge < -0.3 is 10.2 Å². The lowest BCUT2D eigenvalue weighted by molar-refractivity contribution is -0.137. The second-order valence-corrected chi connectivity index (χ2v) is 3.38. The van der Waals surface area contributed by atoms with E-state index >= 15 is 0 Å². The Morgan fingerprint density at radius 1 is 1.33 bits per heavy atom. The summed E-state index contributed by atoms with van der Waals surface area (Å²) in [5.74, 6) is -2.11. The number of para-hydroxylation sites is 1. The van der Waals surface area contributed by atoms with E-state index < -0.39 is 11.9 Å². The van der Waals surface area contributed by atoms with Gasteiger partial charge in [-0.1, -0.05) is 19.1 Å². The summed E-state index contributed by atoms with van der Waals surface area (Å²) < 4.78 is 0. The van der Waals surface area contributed by atoms with Crippen LogP contribution in [0.3, 0.4) is 0 Å². The molecule has 0 saturated heterocycles. The number of Topliss-reactive ketones (excluding diaryl/α,β-unsaturated/α-hetero) is 1. The minimum Gasteiger partial charge on any atom is -0.507 e. The summed E-state index contributed by atoms with van der Waals surface area (Å²) in [6.07, 6.45) is -0.229. The highest BCUT2D eigenvalue weighted by atomic mass is 16.4. The number of rotatable bonds is 4. The van der Waals surface area contributed by atoms with E-state index in [4.69, 9.17) is 5.11 Å². The van der Waals surface area contributed by atoms with Crippen molar-refractivity contribution in [2.45, 2.75) is 13.3 Å². The molecule has 4 nitrogen and oxygen atoms in total. The third-order valence-electron chi connectivity index (χ3n) is 2.10. The van der Waals surface area contributed by atoms with Crippen molar-refractivity contribution in [3.63, 3.8) is 0 Å². The summed E-state index contributed by atoms with van der Waals surface area (Å²) in [6.45, 7) is 1.53. The molecule has 4 heteroatoms. The molecule has 2 N–H and O–H groups in total. The Morgan fingerprint density at radius 3 is 2.47 bits per heavy atom. The van der Waals surface area contributed by atoms with Crippen LogP contribution in [-0.2, 0) is 4.79 Å². The molecule has 0 radical (unpaired) electrons. The standard InChI is InChI=1S/C11H12O4/c1-7(6-10(13)14)11(15)8-4-2-3-5-9(8)12/h2-5,7,12H,6H2,1H3,(H,13,14). The Balaban J connectivity index is 2.85. The van der Waals surface area contributed by atoms with Gasteiger partial charge in [-0.05, 0) is 12.1 Å². The summed E-state index contributed by atoms with van der Waals surface area (Å²) in [5, 5.41) is 17.9. The number of phenolic OH excluding ortho intramolecular Hbond substituents is 1. The molecule has 15 heavy (non-hydrogen) atoms. The number of aromatic hydroxyl groups is 1. The summed E-state index contributed by atoms with van der Waals surface area (Å²) in [5.41, 5.74) is 0.172. The van der Waals surface area contributed by atoms with Gasteiger partial charge in [-0.2, -0.15) is 0 Å². The van der Waals surface area contributed by atoms with Gasteiger partial charge in [0.25, 0.3) is 0 Å². The lowest BCUT2D eigenvalue weighted by Gasteiger charge is -2.08. The molecule has 1 unspecified atom stereocenters. The van der Waals surface area contributed by atoms with Gasteiger partial charge in [0.2, 0.25) is 0 Å². The average Bonchev–Trinajstić information content (AvgIpc) is 2.16. The summed E-state index contributed by atoms with van der Waals surface area (Å²) >= 11 is 0. The van der Waals surface area contributed by atoms with E-state index in [9.17, 15) is 14.7 Å². The van der Waals surface area contributed by atoms with Gasteiger partial charge in [0, 0.05) is 5.92 Å². The zero-order valence-corrected chi connectivity index (χ0v) is 8.30. The fourth-order valence-electron chi connectivity index (χ4n) is 1.30. The molecule has 0 aliphatic rings. The summed E-state index contributed by atoms with van der Waals surface area (Å²) in [7, 11) is 0. The van der Waals surface area contributed by atoms with Crippen LogP contribution >= 0.6 is 0 Å². The predicted octanol–water partition coefficient (Wildman–Crippen LogP) is 1.69. The van der Waals surface area contributed by atoms with Crippen LogP contribution in [0.1, 0.15) is 23.7 Å².